The van der Waals surface area contributed by atoms with Crippen molar-refractivity contribution in [1.82, 2.24) is 10.2 Å². The zero-order valence-electron chi connectivity index (χ0n) is 13.8. The molecule has 1 aliphatic heterocycles. The van der Waals surface area contributed by atoms with Crippen molar-refractivity contribution in [2.24, 2.45) is 5.92 Å². The van der Waals surface area contributed by atoms with E-state index in [-0.39, 0.29) is 24.2 Å². The van der Waals surface area contributed by atoms with E-state index in [1.54, 1.807) is 6.07 Å². The molecular weight excluding hydrogens is 421 g/mol. The summed E-state index contributed by atoms with van der Waals surface area (Å²) in [4.78, 5) is 2.41. The quantitative estimate of drug-likeness (QED) is 0.716. The molecule has 3 nitrogen and oxygen atoms in total. The predicted molar refractivity (Wildman–Crippen MR) is 97.2 cm³/mol. The molecule has 8 heteroatoms. The molecule has 0 bridgehead atoms. The first kappa shape index (κ1) is 20.8. The Bertz CT molecular complexity index is 561. The van der Waals surface area contributed by atoms with Gasteiger partial charge in [0.15, 0.2) is 0 Å². The first-order valence-electron chi connectivity index (χ1n) is 8.43. The lowest BCUT2D eigenvalue weighted by Gasteiger charge is -2.39. The van der Waals surface area contributed by atoms with Crippen molar-refractivity contribution in [2.75, 3.05) is 26.2 Å². The number of hydrogen-bond donors (Lipinski definition) is 1. The van der Waals surface area contributed by atoms with Crippen LogP contribution < -0.4 is 10.1 Å². The summed E-state index contributed by atoms with van der Waals surface area (Å²) in [7, 11) is 0. The van der Waals surface area contributed by atoms with Crippen LogP contribution in [0.4, 0.5) is 13.2 Å². The normalized spacial score (nSPS) is 21.0. The summed E-state index contributed by atoms with van der Waals surface area (Å²) < 4.78 is 42.6. The van der Waals surface area contributed by atoms with Crippen LogP contribution >= 0.6 is 28.3 Å². The van der Waals surface area contributed by atoms with E-state index in [9.17, 15) is 13.2 Å². The molecule has 2 fully saturated rings. The lowest BCUT2D eigenvalue weighted by atomic mass is 9.89. The van der Waals surface area contributed by atoms with Crippen LogP contribution in [0.25, 0.3) is 0 Å². The van der Waals surface area contributed by atoms with Gasteiger partial charge < -0.3 is 10.1 Å². The predicted octanol–water partition coefficient (Wildman–Crippen LogP) is 4.91. The van der Waals surface area contributed by atoms with Gasteiger partial charge >= 0.3 is 6.36 Å². The molecule has 1 saturated heterocycles. The molecule has 1 atom stereocenters. The Morgan fingerprint density at radius 2 is 1.76 bits per heavy atom. The summed E-state index contributed by atoms with van der Waals surface area (Å²) >= 11 is 3.34. The molecule has 1 N–H and O–H groups in total. The topological polar surface area (TPSA) is 24.5 Å². The summed E-state index contributed by atoms with van der Waals surface area (Å²) in [5.74, 6) is 0.348. The van der Waals surface area contributed by atoms with Gasteiger partial charge in [-0.15, -0.1) is 25.6 Å². The number of alkyl halides is 3. The Labute approximate surface area is 160 Å². The van der Waals surface area contributed by atoms with E-state index in [4.69, 9.17) is 0 Å². The van der Waals surface area contributed by atoms with E-state index >= 15 is 0 Å². The number of halogens is 5. The number of benzene rings is 1. The maximum Gasteiger partial charge on any atom is 0.573 e. The third kappa shape index (κ3) is 5.74. The molecule has 1 aliphatic carbocycles. The molecule has 0 aromatic heterocycles. The average Bonchev–Trinajstić information content (AvgIpc) is 3.00. The van der Waals surface area contributed by atoms with Gasteiger partial charge in [-0.2, -0.15) is 0 Å². The first-order valence-corrected chi connectivity index (χ1v) is 9.23. The van der Waals surface area contributed by atoms with Crippen LogP contribution in [0.5, 0.6) is 5.75 Å². The van der Waals surface area contributed by atoms with Crippen LogP contribution in [0.1, 0.15) is 37.3 Å². The second-order valence-electron chi connectivity index (χ2n) is 6.54. The lowest BCUT2D eigenvalue weighted by molar-refractivity contribution is -0.274. The number of ether oxygens (including phenoxy) is 1. The largest absolute Gasteiger partial charge is 0.573 e. The van der Waals surface area contributed by atoms with Crippen molar-refractivity contribution in [3.63, 3.8) is 0 Å². The smallest absolute Gasteiger partial charge is 0.406 e. The van der Waals surface area contributed by atoms with Crippen LogP contribution in [-0.4, -0.2) is 37.4 Å². The number of hydrogen-bond acceptors (Lipinski definition) is 3. The fraction of sp³-hybridized carbons (Fsp3) is 0.647. The van der Waals surface area contributed by atoms with E-state index in [2.05, 4.69) is 30.9 Å². The van der Waals surface area contributed by atoms with E-state index in [0.29, 0.717) is 10.4 Å². The standard InChI is InChI=1S/C17H22BrF3N2O.ClH/c18-14-9-13(10-15(11-14)24-17(19,20)21)16(12-3-1-2-4-12)23-7-5-22-6-8-23;/h9-12,16,22H,1-8H2;1H/t16-;/m0./s1. The Morgan fingerprint density at radius 3 is 2.36 bits per heavy atom. The van der Waals surface area contributed by atoms with Crippen LogP contribution in [0.2, 0.25) is 0 Å². The molecule has 0 amide bonds. The molecule has 1 aromatic rings. The number of piperazine rings is 1. The minimum absolute atomic E-state index is 0. The Morgan fingerprint density at radius 1 is 1.12 bits per heavy atom. The lowest BCUT2D eigenvalue weighted by Crippen LogP contribution is -2.46. The molecule has 1 saturated carbocycles. The fourth-order valence-corrected chi connectivity index (χ4v) is 4.45. The van der Waals surface area contributed by atoms with Gasteiger partial charge in [-0.25, -0.2) is 0 Å². The minimum atomic E-state index is -4.67. The second kappa shape index (κ2) is 8.93. The van der Waals surface area contributed by atoms with Crippen molar-refractivity contribution < 1.29 is 17.9 Å². The van der Waals surface area contributed by atoms with E-state index < -0.39 is 6.36 Å². The van der Waals surface area contributed by atoms with Gasteiger partial charge in [-0.05, 0) is 42.5 Å². The molecule has 25 heavy (non-hydrogen) atoms. The first-order chi connectivity index (χ1) is 11.4. The number of nitrogens with one attached hydrogen (secondary N) is 1. The molecule has 0 radical (unpaired) electrons. The summed E-state index contributed by atoms with van der Waals surface area (Å²) in [5, 5.41) is 3.34. The van der Waals surface area contributed by atoms with Gasteiger partial charge in [0.2, 0.25) is 0 Å². The molecule has 2 aliphatic rings. The maximum atomic E-state index is 12.6. The zero-order valence-corrected chi connectivity index (χ0v) is 16.2. The molecule has 0 spiro atoms. The van der Waals surface area contributed by atoms with Crippen LogP contribution in [0.3, 0.4) is 0 Å². The average molecular weight is 444 g/mol. The van der Waals surface area contributed by atoms with Gasteiger partial charge in [0.1, 0.15) is 5.75 Å². The summed E-state index contributed by atoms with van der Waals surface area (Å²) in [6, 6.07) is 5.03. The van der Waals surface area contributed by atoms with Crippen molar-refractivity contribution in [3.8, 4) is 5.75 Å². The molecule has 0 unspecified atom stereocenters. The van der Waals surface area contributed by atoms with Gasteiger partial charge in [-0.3, -0.25) is 4.90 Å². The number of rotatable bonds is 4. The monoisotopic (exact) mass is 442 g/mol. The van der Waals surface area contributed by atoms with Crippen molar-refractivity contribution in [2.45, 2.75) is 38.1 Å². The second-order valence-corrected chi connectivity index (χ2v) is 7.46. The van der Waals surface area contributed by atoms with Crippen LogP contribution in [-0.2, 0) is 0 Å². The van der Waals surface area contributed by atoms with Gasteiger partial charge in [0.25, 0.3) is 0 Å². The summed E-state index contributed by atoms with van der Waals surface area (Å²) in [6.07, 6.45) is 0.00341. The SMILES string of the molecule is Cl.FC(F)(F)Oc1cc(Br)cc([C@H](C2CCCC2)N2CCNCC2)c1. The Kier molecular flexibility index (Phi) is 7.43. The van der Waals surface area contributed by atoms with Gasteiger partial charge in [0.05, 0.1) is 0 Å². The highest BCUT2D eigenvalue weighted by molar-refractivity contribution is 9.10. The summed E-state index contributed by atoms with van der Waals surface area (Å²) in [6.45, 7) is 3.68. The Hall–Kier alpha value is -0.500. The number of nitrogens with zero attached hydrogens (tertiary/aromatic N) is 1. The van der Waals surface area contributed by atoms with Gasteiger partial charge in [-0.1, -0.05) is 28.8 Å². The molecule has 1 heterocycles. The molecule has 142 valence electrons. The van der Waals surface area contributed by atoms with E-state index in [0.717, 1.165) is 44.6 Å². The van der Waals surface area contributed by atoms with Crippen LogP contribution in [0, 0.1) is 5.92 Å². The third-order valence-electron chi connectivity index (χ3n) is 4.86. The van der Waals surface area contributed by atoms with Crippen molar-refractivity contribution in [3.05, 3.63) is 28.2 Å². The third-order valence-corrected chi connectivity index (χ3v) is 5.32. The molecular formula is C17H23BrClF3N2O. The molecule has 1 aromatic carbocycles. The molecule has 3 rings (SSSR count). The zero-order chi connectivity index (χ0) is 17.2. The van der Waals surface area contributed by atoms with E-state index in [1.165, 1.54) is 18.9 Å². The highest BCUT2D eigenvalue weighted by Gasteiger charge is 2.34. The van der Waals surface area contributed by atoms with Crippen molar-refractivity contribution in [1.29, 1.82) is 0 Å². The Balaban J connectivity index is 0.00000225. The summed E-state index contributed by atoms with van der Waals surface area (Å²) in [5.41, 5.74) is 0.914. The minimum Gasteiger partial charge on any atom is -0.406 e. The van der Waals surface area contributed by atoms with E-state index in [1.807, 2.05) is 6.07 Å². The van der Waals surface area contributed by atoms with Crippen LogP contribution in [0.15, 0.2) is 22.7 Å². The highest BCUT2D eigenvalue weighted by Crippen LogP contribution is 2.41. The highest BCUT2D eigenvalue weighted by atomic mass is 79.9. The van der Waals surface area contributed by atoms with Crippen molar-refractivity contribution >= 4 is 28.3 Å². The van der Waals surface area contributed by atoms with Gasteiger partial charge in [0, 0.05) is 36.7 Å². The fourth-order valence-electron chi connectivity index (χ4n) is 3.96. The maximum absolute atomic E-state index is 12.6.